The summed E-state index contributed by atoms with van der Waals surface area (Å²) in [6.07, 6.45) is 2.71. The Balaban J connectivity index is 1.70. The van der Waals surface area contributed by atoms with E-state index in [1.165, 1.54) is 11.1 Å². The van der Waals surface area contributed by atoms with E-state index in [4.69, 9.17) is 4.74 Å². The Kier molecular flexibility index (Phi) is 3.42. The fourth-order valence-electron chi connectivity index (χ4n) is 3.25. The van der Waals surface area contributed by atoms with Gasteiger partial charge in [0.1, 0.15) is 5.75 Å². The van der Waals surface area contributed by atoms with Crippen molar-refractivity contribution in [3.8, 4) is 5.75 Å². The molecule has 3 rings (SSSR count). The molecule has 2 aliphatic heterocycles. The lowest BCUT2D eigenvalue weighted by Crippen LogP contribution is -2.45. The van der Waals surface area contributed by atoms with E-state index in [-0.39, 0.29) is 0 Å². The van der Waals surface area contributed by atoms with Crippen LogP contribution in [0.15, 0.2) is 18.2 Å². The molecule has 0 bridgehead atoms. The number of carboxylic acid groups (broad SMARTS) is 1. The molecule has 1 fully saturated rings. The third-order valence-corrected chi connectivity index (χ3v) is 4.45. The summed E-state index contributed by atoms with van der Waals surface area (Å²) in [5, 5.41) is 9.37. The summed E-state index contributed by atoms with van der Waals surface area (Å²) in [5.41, 5.74) is 1.93. The number of likely N-dealkylation sites (tertiary alicyclic amines) is 1. The molecule has 0 aromatic heterocycles. The van der Waals surface area contributed by atoms with Gasteiger partial charge in [0.2, 0.25) is 0 Å². The van der Waals surface area contributed by atoms with Gasteiger partial charge >= 0.3 is 5.97 Å². The minimum absolute atomic E-state index is 0.599. The maximum atomic E-state index is 11.4. The van der Waals surface area contributed by atoms with Gasteiger partial charge in [-0.3, -0.25) is 9.69 Å². The quantitative estimate of drug-likeness (QED) is 0.919. The van der Waals surface area contributed by atoms with Crippen LogP contribution in [0, 0.1) is 5.41 Å². The molecule has 1 saturated heterocycles. The lowest BCUT2D eigenvalue weighted by atomic mass is 9.82. The molecular formula is C16H21NO3. The topological polar surface area (TPSA) is 49.8 Å². The molecule has 0 amide bonds. The number of fused-ring (bicyclic) bond motifs is 1. The first-order chi connectivity index (χ1) is 9.57. The molecular weight excluding hydrogens is 254 g/mol. The van der Waals surface area contributed by atoms with E-state index in [1.807, 2.05) is 13.0 Å². The van der Waals surface area contributed by atoms with Gasteiger partial charge in [-0.25, -0.2) is 0 Å². The second kappa shape index (κ2) is 5.09. The zero-order chi connectivity index (χ0) is 14.2. The Hall–Kier alpha value is -1.55. The maximum Gasteiger partial charge on any atom is 0.310 e. The molecule has 0 radical (unpaired) electrons. The summed E-state index contributed by atoms with van der Waals surface area (Å²) in [4.78, 5) is 13.6. The highest BCUT2D eigenvalue weighted by molar-refractivity contribution is 5.74. The smallest absolute Gasteiger partial charge is 0.310 e. The third-order valence-electron chi connectivity index (χ3n) is 4.45. The highest BCUT2D eigenvalue weighted by atomic mass is 16.5. The van der Waals surface area contributed by atoms with Crippen LogP contribution in [-0.4, -0.2) is 35.7 Å². The van der Waals surface area contributed by atoms with Gasteiger partial charge in [0.15, 0.2) is 0 Å². The summed E-state index contributed by atoms with van der Waals surface area (Å²) >= 11 is 0. The van der Waals surface area contributed by atoms with Crippen molar-refractivity contribution >= 4 is 5.97 Å². The molecule has 1 atom stereocenters. The molecule has 20 heavy (non-hydrogen) atoms. The standard InChI is InChI=1S/C16H21NO3/c1-16(15(18)19)6-2-7-17(11-16)10-12-3-4-14-13(9-12)5-8-20-14/h3-4,9H,2,5-8,10-11H2,1H3,(H,18,19). The number of nitrogens with zero attached hydrogens (tertiary/aromatic N) is 1. The van der Waals surface area contributed by atoms with Crippen LogP contribution in [0.25, 0.3) is 0 Å². The van der Waals surface area contributed by atoms with E-state index in [1.54, 1.807) is 0 Å². The molecule has 0 spiro atoms. The van der Waals surface area contributed by atoms with Crippen molar-refractivity contribution in [2.24, 2.45) is 5.41 Å². The number of aliphatic carboxylic acids is 1. The minimum Gasteiger partial charge on any atom is -0.493 e. The molecule has 4 nitrogen and oxygen atoms in total. The number of ether oxygens (including phenoxy) is 1. The molecule has 1 aromatic rings. The fraction of sp³-hybridized carbons (Fsp3) is 0.562. The number of benzene rings is 1. The van der Waals surface area contributed by atoms with Crippen LogP contribution in [0.3, 0.4) is 0 Å². The third kappa shape index (κ3) is 2.52. The van der Waals surface area contributed by atoms with Crippen molar-refractivity contribution in [2.45, 2.75) is 32.7 Å². The zero-order valence-electron chi connectivity index (χ0n) is 11.9. The second-order valence-electron chi connectivity index (χ2n) is 6.22. The largest absolute Gasteiger partial charge is 0.493 e. The summed E-state index contributed by atoms with van der Waals surface area (Å²) in [6.45, 7) is 5.08. The van der Waals surface area contributed by atoms with Crippen LogP contribution >= 0.6 is 0 Å². The van der Waals surface area contributed by atoms with Gasteiger partial charge in [-0.15, -0.1) is 0 Å². The van der Waals surface area contributed by atoms with E-state index in [0.717, 1.165) is 44.7 Å². The number of rotatable bonds is 3. The fourth-order valence-corrected chi connectivity index (χ4v) is 3.25. The first kappa shape index (κ1) is 13.4. The molecule has 1 aromatic carbocycles. The number of carboxylic acids is 1. The summed E-state index contributed by atoms with van der Waals surface area (Å²) in [7, 11) is 0. The second-order valence-corrected chi connectivity index (χ2v) is 6.22. The summed E-state index contributed by atoms with van der Waals surface area (Å²) in [5.74, 6) is 0.326. The number of carbonyl (C=O) groups is 1. The van der Waals surface area contributed by atoms with Gasteiger partial charge in [-0.1, -0.05) is 12.1 Å². The van der Waals surface area contributed by atoms with Crippen LogP contribution in [0.2, 0.25) is 0 Å². The Labute approximate surface area is 119 Å². The van der Waals surface area contributed by atoms with Crippen molar-refractivity contribution in [3.63, 3.8) is 0 Å². The lowest BCUT2D eigenvalue weighted by Gasteiger charge is -2.37. The molecule has 2 heterocycles. The first-order valence-electron chi connectivity index (χ1n) is 7.27. The Morgan fingerprint density at radius 2 is 2.35 bits per heavy atom. The van der Waals surface area contributed by atoms with Crippen LogP contribution in [-0.2, 0) is 17.8 Å². The van der Waals surface area contributed by atoms with E-state index in [2.05, 4.69) is 17.0 Å². The number of piperidine rings is 1. The van der Waals surface area contributed by atoms with Gasteiger partial charge in [0, 0.05) is 19.5 Å². The summed E-state index contributed by atoms with van der Waals surface area (Å²) in [6, 6.07) is 6.34. The van der Waals surface area contributed by atoms with E-state index < -0.39 is 11.4 Å². The van der Waals surface area contributed by atoms with Crippen molar-refractivity contribution in [1.82, 2.24) is 4.90 Å². The minimum atomic E-state index is -0.676. The lowest BCUT2D eigenvalue weighted by molar-refractivity contribution is -0.151. The van der Waals surface area contributed by atoms with E-state index in [9.17, 15) is 9.90 Å². The van der Waals surface area contributed by atoms with Crippen molar-refractivity contribution < 1.29 is 14.6 Å². The van der Waals surface area contributed by atoms with Gasteiger partial charge in [-0.2, -0.15) is 0 Å². The average Bonchev–Trinajstić information content (AvgIpc) is 2.86. The van der Waals surface area contributed by atoms with Crippen LogP contribution in [0.5, 0.6) is 5.75 Å². The predicted molar refractivity (Wildman–Crippen MR) is 75.9 cm³/mol. The van der Waals surface area contributed by atoms with Crippen LogP contribution < -0.4 is 4.74 Å². The maximum absolute atomic E-state index is 11.4. The van der Waals surface area contributed by atoms with E-state index in [0.29, 0.717) is 6.54 Å². The van der Waals surface area contributed by atoms with Gasteiger partial charge < -0.3 is 9.84 Å². The zero-order valence-corrected chi connectivity index (χ0v) is 11.9. The Bertz CT molecular complexity index is 528. The molecule has 0 saturated carbocycles. The summed E-state index contributed by atoms with van der Waals surface area (Å²) < 4.78 is 5.52. The van der Waals surface area contributed by atoms with Crippen LogP contribution in [0.4, 0.5) is 0 Å². The molecule has 2 aliphatic rings. The number of hydrogen-bond acceptors (Lipinski definition) is 3. The van der Waals surface area contributed by atoms with Crippen LogP contribution in [0.1, 0.15) is 30.9 Å². The normalized spacial score (nSPS) is 26.1. The van der Waals surface area contributed by atoms with Crippen molar-refractivity contribution in [2.75, 3.05) is 19.7 Å². The molecule has 0 aliphatic carbocycles. The average molecular weight is 275 g/mol. The monoisotopic (exact) mass is 275 g/mol. The Morgan fingerprint density at radius 1 is 1.50 bits per heavy atom. The molecule has 4 heteroatoms. The SMILES string of the molecule is CC1(C(=O)O)CCCN(Cc2ccc3c(c2)CCO3)C1. The van der Waals surface area contributed by atoms with Gasteiger partial charge in [0.25, 0.3) is 0 Å². The molecule has 108 valence electrons. The number of hydrogen-bond donors (Lipinski definition) is 1. The predicted octanol–water partition coefficient (Wildman–Crippen LogP) is 2.31. The van der Waals surface area contributed by atoms with Crippen molar-refractivity contribution in [1.29, 1.82) is 0 Å². The van der Waals surface area contributed by atoms with Crippen molar-refractivity contribution in [3.05, 3.63) is 29.3 Å². The first-order valence-corrected chi connectivity index (χ1v) is 7.27. The highest BCUT2D eigenvalue weighted by Gasteiger charge is 2.37. The van der Waals surface area contributed by atoms with E-state index >= 15 is 0 Å². The van der Waals surface area contributed by atoms with Gasteiger partial charge in [-0.05, 0) is 43.5 Å². The molecule has 1 N–H and O–H groups in total. The highest BCUT2D eigenvalue weighted by Crippen LogP contribution is 2.31. The Morgan fingerprint density at radius 3 is 3.15 bits per heavy atom. The van der Waals surface area contributed by atoms with Gasteiger partial charge in [0.05, 0.1) is 12.0 Å². The molecule has 1 unspecified atom stereocenters.